The van der Waals surface area contributed by atoms with Crippen molar-refractivity contribution in [1.29, 1.82) is 0 Å². The van der Waals surface area contributed by atoms with Crippen LogP contribution in [0.1, 0.15) is 17.9 Å². The van der Waals surface area contributed by atoms with Gasteiger partial charge in [0, 0.05) is 37.7 Å². The smallest absolute Gasteiger partial charge is 0.142 e. The Kier molecular flexibility index (Phi) is 6.49. The topological polar surface area (TPSA) is 15.7 Å². The van der Waals surface area contributed by atoms with E-state index in [1.54, 1.807) is 7.11 Å². The van der Waals surface area contributed by atoms with Crippen LogP contribution in [-0.2, 0) is 0 Å². The molecule has 3 nitrogen and oxygen atoms in total. The predicted molar refractivity (Wildman–Crippen MR) is 114 cm³/mol. The van der Waals surface area contributed by atoms with Crippen molar-refractivity contribution in [3.63, 3.8) is 0 Å². The molecule has 140 valence electrons. The SMILES string of the molecule is Br.COc1ccc(Cl)cc1N1CCN(C[C@H]2C[C@@H]2c2ccccc2)CC1. The molecule has 0 amide bonds. The van der Waals surface area contributed by atoms with Crippen LogP contribution in [0, 0.1) is 5.92 Å². The van der Waals surface area contributed by atoms with Gasteiger partial charge in [-0.25, -0.2) is 0 Å². The summed E-state index contributed by atoms with van der Waals surface area (Å²) in [6.45, 7) is 5.49. The van der Waals surface area contributed by atoms with Gasteiger partial charge in [-0.2, -0.15) is 0 Å². The second-order valence-corrected chi connectivity index (χ2v) is 7.55. The Morgan fingerprint density at radius 1 is 1.04 bits per heavy atom. The maximum atomic E-state index is 6.18. The van der Waals surface area contributed by atoms with Crippen molar-refractivity contribution in [2.75, 3.05) is 44.7 Å². The van der Waals surface area contributed by atoms with E-state index < -0.39 is 0 Å². The second kappa shape index (κ2) is 8.64. The Balaban J connectivity index is 0.00000196. The van der Waals surface area contributed by atoms with Gasteiger partial charge in [0.05, 0.1) is 12.8 Å². The molecule has 0 spiro atoms. The van der Waals surface area contributed by atoms with E-state index in [1.165, 1.54) is 18.5 Å². The van der Waals surface area contributed by atoms with E-state index in [4.69, 9.17) is 16.3 Å². The third kappa shape index (κ3) is 4.36. The largest absolute Gasteiger partial charge is 0.495 e. The van der Waals surface area contributed by atoms with E-state index in [0.29, 0.717) is 0 Å². The summed E-state index contributed by atoms with van der Waals surface area (Å²) in [7, 11) is 1.72. The van der Waals surface area contributed by atoms with E-state index in [-0.39, 0.29) is 17.0 Å². The van der Waals surface area contributed by atoms with Gasteiger partial charge in [0.2, 0.25) is 0 Å². The van der Waals surface area contributed by atoms with Gasteiger partial charge in [0.15, 0.2) is 0 Å². The van der Waals surface area contributed by atoms with Crippen LogP contribution in [0.15, 0.2) is 48.5 Å². The van der Waals surface area contributed by atoms with Gasteiger partial charge in [0.1, 0.15) is 5.75 Å². The number of methoxy groups -OCH3 is 1. The highest BCUT2D eigenvalue weighted by Gasteiger charge is 2.39. The summed E-state index contributed by atoms with van der Waals surface area (Å²) in [6.07, 6.45) is 1.34. The number of anilines is 1. The van der Waals surface area contributed by atoms with Crippen molar-refractivity contribution in [1.82, 2.24) is 4.90 Å². The highest BCUT2D eigenvalue weighted by atomic mass is 79.9. The Labute approximate surface area is 171 Å². The lowest BCUT2D eigenvalue weighted by atomic mass is 10.1. The molecule has 2 fully saturated rings. The fourth-order valence-electron chi connectivity index (χ4n) is 3.97. The summed E-state index contributed by atoms with van der Waals surface area (Å²) >= 11 is 6.18. The number of nitrogens with zero attached hydrogens (tertiary/aromatic N) is 2. The van der Waals surface area contributed by atoms with Crippen LogP contribution in [0.5, 0.6) is 5.75 Å². The summed E-state index contributed by atoms with van der Waals surface area (Å²) < 4.78 is 5.50. The normalized spacial score (nSPS) is 22.6. The third-order valence-electron chi connectivity index (χ3n) is 5.50. The lowest BCUT2D eigenvalue weighted by Gasteiger charge is -2.36. The Hall–Kier alpha value is -1.23. The molecule has 0 bridgehead atoms. The molecule has 1 heterocycles. The second-order valence-electron chi connectivity index (χ2n) is 7.12. The van der Waals surface area contributed by atoms with E-state index in [1.807, 2.05) is 18.2 Å². The summed E-state index contributed by atoms with van der Waals surface area (Å²) in [5, 5.41) is 0.766. The minimum absolute atomic E-state index is 0. The quantitative estimate of drug-likeness (QED) is 0.665. The van der Waals surface area contributed by atoms with Crippen LogP contribution < -0.4 is 9.64 Å². The first-order valence-corrected chi connectivity index (χ1v) is 9.48. The van der Waals surface area contributed by atoms with Gasteiger partial charge in [-0.15, -0.1) is 17.0 Å². The van der Waals surface area contributed by atoms with Gasteiger partial charge < -0.3 is 9.64 Å². The lowest BCUT2D eigenvalue weighted by Crippen LogP contribution is -2.47. The Morgan fingerprint density at radius 2 is 1.77 bits per heavy atom. The molecule has 5 heteroatoms. The van der Waals surface area contributed by atoms with Gasteiger partial charge in [-0.3, -0.25) is 4.90 Å². The number of piperazine rings is 1. The standard InChI is InChI=1S/C21H25ClN2O.BrH/c1-25-21-8-7-18(22)14-20(21)24-11-9-23(10-12-24)15-17-13-19(17)16-5-3-2-4-6-16;/h2-8,14,17,19H,9-13,15H2,1H3;1H/t17-,19-;/m1./s1. The maximum Gasteiger partial charge on any atom is 0.142 e. The molecule has 1 saturated heterocycles. The predicted octanol–water partition coefficient (Wildman–Crippen LogP) is 4.85. The number of hydrogen-bond acceptors (Lipinski definition) is 3. The highest BCUT2D eigenvalue weighted by molar-refractivity contribution is 8.93. The molecule has 0 N–H and O–H groups in total. The number of rotatable bonds is 5. The number of halogens is 2. The van der Waals surface area contributed by atoms with E-state index >= 15 is 0 Å². The Morgan fingerprint density at radius 3 is 2.46 bits per heavy atom. The Bertz CT molecular complexity index is 719. The number of hydrogen-bond donors (Lipinski definition) is 0. The van der Waals surface area contributed by atoms with Gasteiger partial charge in [-0.1, -0.05) is 41.9 Å². The van der Waals surface area contributed by atoms with Crippen LogP contribution in [0.3, 0.4) is 0 Å². The third-order valence-corrected chi connectivity index (χ3v) is 5.73. The minimum Gasteiger partial charge on any atom is -0.495 e. The highest BCUT2D eigenvalue weighted by Crippen LogP contribution is 2.47. The molecular formula is C21H26BrClN2O. The molecule has 0 aromatic heterocycles. The number of ether oxygens (including phenoxy) is 1. The van der Waals surface area contributed by atoms with E-state index in [0.717, 1.165) is 54.5 Å². The zero-order valence-corrected chi connectivity index (χ0v) is 17.6. The monoisotopic (exact) mass is 436 g/mol. The van der Waals surface area contributed by atoms with Crippen molar-refractivity contribution in [3.05, 3.63) is 59.1 Å². The number of benzene rings is 2. The van der Waals surface area contributed by atoms with E-state index in [9.17, 15) is 0 Å². The van der Waals surface area contributed by atoms with Gasteiger partial charge in [0.25, 0.3) is 0 Å². The van der Waals surface area contributed by atoms with Crippen molar-refractivity contribution < 1.29 is 4.74 Å². The first kappa shape index (κ1) is 19.5. The molecule has 2 atom stereocenters. The molecule has 1 aliphatic heterocycles. The molecule has 0 unspecified atom stereocenters. The van der Waals surface area contributed by atoms with Gasteiger partial charge >= 0.3 is 0 Å². The molecule has 26 heavy (non-hydrogen) atoms. The fourth-order valence-corrected chi connectivity index (χ4v) is 4.14. The van der Waals surface area contributed by atoms with Crippen LogP contribution in [0.25, 0.3) is 0 Å². The van der Waals surface area contributed by atoms with Crippen molar-refractivity contribution in [2.45, 2.75) is 12.3 Å². The summed E-state index contributed by atoms with van der Waals surface area (Å²) in [5.74, 6) is 2.51. The van der Waals surface area contributed by atoms with Crippen LogP contribution in [0.2, 0.25) is 5.02 Å². The zero-order valence-electron chi connectivity index (χ0n) is 15.1. The fraction of sp³-hybridized carbons (Fsp3) is 0.429. The maximum absolute atomic E-state index is 6.18. The van der Waals surface area contributed by atoms with E-state index in [2.05, 4.69) is 40.1 Å². The van der Waals surface area contributed by atoms with Crippen LogP contribution >= 0.6 is 28.6 Å². The molecular weight excluding hydrogens is 412 g/mol. The summed E-state index contributed by atoms with van der Waals surface area (Å²) in [4.78, 5) is 5.00. The molecule has 2 aromatic carbocycles. The average molecular weight is 438 g/mol. The molecule has 0 radical (unpaired) electrons. The minimum atomic E-state index is 0. The first-order chi connectivity index (χ1) is 12.2. The summed E-state index contributed by atoms with van der Waals surface area (Å²) in [6, 6.07) is 16.8. The molecule has 1 saturated carbocycles. The van der Waals surface area contributed by atoms with Crippen molar-refractivity contribution in [2.24, 2.45) is 5.92 Å². The van der Waals surface area contributed by atoms with Gasteiger partial charge in [-0.05, 0) is 42.0 Å². The molecule has 1 aliphatic carbocycles. The molecule has 2 aliphatic rings. The first-order valence-electron chi connectivity index (χ1n) is 9.10. The average Bonchev–Trinajstić information content (AvgIpc) is 3.42. The molecule has 2 aromatic rings. The lowest BCUT2D eigenvalue weighted by molar-refractivity contribution is 0.246. The van der Waals surface area contributed by atoms with Crippen molar-refractivity contribution in [3.8, 4) is 5.75 Å². The zero-order chi connectivity index (χ0) is 17.2. The molecule has 4 rings (SSSR count). The van der Waals surface area contributed by atoms with Crippen LogP contribution in [0.4, 0.5) is 5.69 Å². The van der Waals surface area contributed by atoms with Crippen molar-refractivity contribution >= 4 is 34.3 Å². The van der Waals surface area contributed by atoms with Crippen LogP contribution in [-0.4, -0.2) is 44.7 Å². The summed E-state index contributed by atoms with van der Waals surface area (Å²) in [5.41, 5.74) is 2.62.